The lowest BCUT2D eigenvalue weighted by molar-refractivity contribution is 0.172. The van der Waals surface area contributed by atoms with Crippen LogP contribution in [0.5, 0.6) is 5.75 Å². The maximum Gasteiger partial charge on any atom is 0.283 e. The Bertz CT molecular complexity index is 654. The van der Waals surface area contributed by atoms with Crippen molar-refractivity contribution in [2.45, 2.75) is 6.92 Å². The molecule has 2 aromatic rings. The van der Waals surface area contributed by atoms with Crippen molar-refractivity contribution in [1.29, 1.82) is 0 Å². The Morgan fingerprint density at radius 1 is 1.16 bits per heavy atom. The zero-order valence-electron chi connectivity index (χ0n) is 10.8. The molecule has 1 aromatic carbocycles. The zero-order chi connectivity index (χ0) is 13.8. The molecule has 1 heterocycles. The summed E-state index contributed by atoms with van der Waals surface area (Å²) in [7, 11) is 1.61. The summed E-state index contributed by atoms with van der Waals surface area (Å²) < 4.78 is 5.70. The minimum atomic E-state index is -0.436. The van der Waals surface area contributed by atoms with Crippen LogP contribution in [0, 0.1) is 6.92 Å². The molecule has 0 aliphatic rings. The summed E-state index contributed by atoms with van der Waals surface area (Å²) in [6.45, 7) is 1.81. The topological polar surface area (TPSA) is 51.5 Å². The summed E-state index contributed by atoms with van der Waals surface area (Å²) in [6, 6.07) is 10.6. The Labute approximate surface area is 111 Å². The number of aromatic nitrogens is 1. The molecule has 98 valence electrons. The monoisotopic (exact) mass is 257 g/mol. The third-order valence-electron chi connectivity index (χ3n) is 2.74. The molecule has 0 atom stereocenters. The van der Waals surface area contributed by atoms with Gasteiger partial charge in [-0.2, -0.15) is 0 Å². The Morgan fingerprint density at radius 3 is 2.47 bits per heavy atom. The Morgan fingerprint density at radius 2 is 1.84 bits per heavy atom. The molecule has 1 aromatic heterocycles. The van der Waals surface area contributed by atoms with Gasteiger partial charge in [0.2, 0.25) is 0 Å². The summed E-state index contributed by atoms with van der Waals surface area (Å²) in [5.74, 6) is 0.784. The number of rotatable bonds is 3. The number of benzene rings is 1. The van der Waals surface area contributed by atoms with E-state index in [-0.39, 0.29) is 0 Å². The van der Waals surface area contributed by atoms with Gasteiger partial charge in [0, 0.05) is 6.07 Å². The standard InChI is InChI=1S/C15H15NO3/c1-11-9-13(16(18)15(17)10-11)6-3-12-4-7-14(19-2)8-5-12/h3-10,18H,1-2H3/b6-3+. The van der Waals surface area contributed by atoms with Crippen LogP contribution in [0.2, 0.25) is 0 Å². The van der Waals surface area contributed by atoms with Gasteiger partial charge in [-0.05, 0) is 42.3 Å². The lowest BCUT2D eigenvalue weighted by Crippen LogP contribution is -2.18. The van der Waals surface area contributed by atoms with Gasteiger partial charge >= 0.3 is 0 Å². The molecule has 0 bridgehead atoms. The number of nitrogens with zero attached hydrogens (tertiary/aromatic N) is 1. The fourth-order valence-electron chi connectivity index (χ4n) is 1.73. The lowest BCUT2D eigenvalue weighted by Gasteiger charge is -2.03. The molecule has 4 nitrogen and oxygen atoms in total. The summed E-state index contributed by atoms with van der Waals surface area (Å²) in [4.78, 5) is 11.4. The fourth-order valence-corrected chi connectivity index (χ4v) is 1.73. The van der Waals surface area contributed by atoms with Crippen LogP contribution < -0.4 is 10.3 Å². The van der Waals surface area contributed by atoms with E-state index in [4.69, 9.17) is 4.74 Å². The highest BCUT2D eigenvalue weighted by Gasteiger charge is 2.00. The van der Waals surface area contributed by atoms with Crippen molar-refractivity contribution in [1.82, 2.24) is 4.73 Å². The van der Waals surface area contributed by atoms with Gasteiger partial charge in [-0.3, -0.25) is 4.79 Å². The largest absolute Gasteiger partial charge is 0.497 e. The Balaban J connectivity index is 2.29. The molecule has 0 saturated heterocycles. The second-order valence-electron chi connectivity index (χ2n) is 4.21. The van der Waals surface area contributed by atoms with Crippen LogP contribution in [0.4, 0.5) is 0 Å². The SMILES string of the molecule is COc1ccc(/C=C/c2cc(C)cc(=O)n2O)cc1. The first kappa shape index (κ1) is 13.0. The van der Waals surface area contributed by atoms with Crippen molar-refractivity contribution in [3.8, 4) is 5.75 Å². The molecule has 19 heavy (non-hydrogen) atoms. The molecular formula is C15H15NO3. The van der Waals surface area contributed by atoms with Gasteiger partial charge in [-0.25, -0.2) is 0 Å². The van der Waals surface area contributed by atoms with Crippen LogP contribution in [-0.4, -0.2) is 17.0 Å². The molecule has 0 fully saturated rings. The van der Waals surface area contributed by atoms with E-state index in [9.17, 15) is 10.0 Å². The molecule has 1 N–H and O–H groups in total. The maximum atomic E-state index is 11.4. The van der Waals surface area contributed by atoms with Crippen LogP contribution in [0.15, 0.2) is 41.2 Å². The maximum absolute atomic E-state index is 11.4. The van der Waals surface area contributed by atoms with Crippen LogP contribution >= 0.6 is 0 Å². The molecule has 0 aliphatic carbocycles. The normalized spacial score (nSPS) is 10.8. The van der Waals surface area contributed by atoms with Crippen LogP contribution in [0.1, 0.15) is 16.8 Å². The quantitative estimate of drug-likeness (QED) is 0.860. The highest BCUT2D eigenvalue weighted by molar-refractivity contribution is 5.68. The van der Waals surface area contributed by atoms with Gasteiger partial charge < -0.3 is 9.94 Å². The van der Waals surface area contributed by atoms with Gasteiger partial charge in [0.05, 0.1) is 12.8 Å². The summed E-state index contributed by atoms with van der Waals surface area (Å²) >= 11 is 0. The van der Waals surface area contributed by atoms with E-state index < -0.39 is 5.56 Å². The van der Waals surface area contributed by atoms with Crippen molar-refractivity contribution in [3.05, 3.63) is 63.6 Å². The summed E-state index contributed by atoms with van der Waals surface area (Å²) in [5.41, 5.74) is 1.77. The lowest BCUT2D eigenvalue weighted by atomic mass is 10.1. The average molecular weight is 257 g/mol. The first-order valence-electron chi connectivity index (χ1n) is 5.85. The van der Waals surface area contributed by atoms with E-state index in [0.29, 0.717) is 10.4 Å². The second-order valence-corrected chi connectivity index (χ2v) is 4.21. The second kappa shape index (κ2) is 5.44. The van der Waals surface area contributed by atoms with E-state index in [1.165, 1.54) is 6.07 Å². The first-order chi connectivity index (χ1) is 9.10. The molecule has 0 saturated carbocycles. The number of hydrogen-bond donors (Lipinski definition) is 1. The fraction of sp³-hybridized carbons (Fsp3) is 0.133. The van der Waals surface area contributed by atoms with E-state index in [2.05, 4.69) is 0 Å². The van der Waals surface area contributed by atoms with E-state index in [1.807, 2.05) is 37.3 Å². The highest BCUT2D eigenvalue weighted by Crippen LogP contribution is 2.13. The summed E-state index contributed by atoms with van der Waals surface area (Å²) in [6.07, 6.45) is 3.51. The summed E-state index contributed by atoms with van der Waals surface area (Å²) in [5, 5.41) is 9.62. The number of hydrogen-bond acceptors (Lipinski definition) is 3. The molecule has 0 spiro atoms. The molecular weight excluding hydrogens is 242 g/mol. The van der Waals surface area contributed by atoms with Crippen molar-refractivity contribution in [2.24, 2.45) is 0 Å². The van der Waals surface area contributed by atoms with Crippen molar-refractivity contribution in [3.63, 3.8) is 0 Å². The molecule has 0 radical (unpaired) electrons. The highest BCUT2D eigenvalue weighted by atomic mass is 16.5. The Hall–Kier alpha value is -2.49. The van der Waals surface area contributed by atoms with Crippen LogP contribution in [-0.2, 0) is 0 Å². The third kappa shape index (κ3) is 3.04. The van der Waals surface area contributed by atoms with E-state index in [1.54, 1.807) is 19.3 Å². The molecule has 0 amide bonds. The number of aryl methyl sites for hydroxylation is 1. The molecule has 0 unspecified atom stereocenters. The van der Waals surface area contributed by atoms with Gasteiger partial charge in [0.15, 0.2) is 0 Å². The van der Waals surface area contributed by atoms with Crippen LogP contribution in [0.3, 0.4) is 0 Å². The average Bonchev–Trinajstić information content (AvgIpc) is 2.41. The van der Waals surface area contributed by atoms with E-state index >= 15 is 0 Å². The minimum Gasteiger partial charge on any atom is -0.497 e. The molecule has 0 aliphatic heterocycles. The van der Waals surface area contributed by atoms with Gasteiger partial charge in [0.1, 0.15) is 5.75 Å². The number of ether oxygens (including phenoxy) is 1. The first-order valence-corrected chi connectivity index (χ1v) is 5.85. The van der Waals surface area contributed by atoms with Crippen molar-refractivity contribution < 1.29 is 9.94 Å². The molecule has 4 heteroatoms. The predicted molar refractivity (Wildman–Crippen MR) is 74.5 cm³/mol. The Kier molecular flexibility index (Phi) is 3.71. The van der Waals surface area contributed by atoms with Crippen molar-refractivity contribution >= 4 is 12.2 Å². The van der Waals surface area contributed by atoms with E-state index in [0.717, 1.165) is 16.9 Å². The predicted octanol–water partition coefficient (Wildman–Crippen LogP) is 2.57. The smallest absolute Gasteiger partial charge is 0.283 e. The minimum absolute atomic E-state index is 0.436. The zero-order valence-corrected chi connectivity index (χ0v) is 10.8. The van der Waals surface area contributed by atoms with Crippen LogP contribution in [0.25, 0.3) is 12.2 Å². The molecule has 2 rings (SSSR count). The van der Waals surface area contributed by atoms with Gasteiger partial charge in [-0.1, -0.05) is 18.2 Å². The van der Waals surface area contributed by atoms with Gasteiger partial charge in [0.25, 0.3) is 5.56 Å². The third-order valence-corrected chi connectivity index (χ3v) is 2.74. The van der Waals surface area contributed by atoms with Crippen molar-refractivity contribution in [2.75, 3.05) is 7.11 Å². The number of methoxy groups -OCH3 is 1. The van der Waals surface area contributed by atoms with Gasteiger partial charge in [-0.15, -0.1) is 4.73 Å². The number of pyridine rings is 1.